The summed E-state index contributed by atoms with van der Waals surface area (Å²) in [4.78, 5) is 19.4. The smallest absolute Gasteiger partial charge is 0.224 e. The summed E-state index contributed by atoms with van der Waals surface area (Å²) in [6, 6.07) is 16.6. The van der Waals surface area contributed by atoms with E-state index in [9.17, 15) is 4.79 Å². The molecule has 1 fully saturated rings. The van der Waals surface area contributed by atoms with Crippen molar-refractivity contribution in [3.63, 3.8) is 0 Å². The normalized spacial score (nSPS) is 15.7. The van der Waals surface area contributed by atoms with Gasteiger partial charge in [-0.2, -0.15) is 0 Å². The summed E-state index contributed by atoms with van der Waals surface area (Å²) in [5, 5.41) is 7.19. The Bertz CT molecular complexity index is 1130. The van der Waals surface area contributed by atoms with Crippen molar-refractivity contribution in [3.05, 3.63) is 48.5 Å². The summed E-state index contributed by atoms with van der Waals surface area (Å²) in [7, 11) is 3.36. The summed E-state index contributed by atoms with van der Waals surface area (Å²) >= 11 is 0. The molecular weight excluding hydrogens is 428 g/mol. The maximum atomic E-state index is 12.2. The number of nitrogens with one attached hydrogen (secondary N) is 2. The molecule has 7 heteroatoms. The molecule has 0 radical (unpaired) electrons. The lowest BCUT2D eigenvalue weighted by Crippen LogP contribution is -2.30. The van der Waals surface area contributed by atoms with Gasteiger partial charge >= 0.3 is 0 Å². The van der Waals surface area contributed by atoms with Gasteiger partial charge in [-0.25, -0.2) is 4.98 Å². The van der Waals surface area contributed by atoms with Crippen LogP contribution in [0.1, 0.15) is 20.3 Å². The van der Waals surface area contributed by atoms with Crippen molar-refractivity contribution in [3.8, 4) is 22.8 Å². The van der Waals surface area contributed by atoms with Crippen LogP contribution in [0, 0.1) is 5.92 Å². The minimum absolute atomic E-state index is 0.00321. The molecule has 34 heavy (non-hydrogen) atoms. The summed E-state index contributed by atoms with van der Waals surface area (Å²) in [6.07, 6.45) is 0.840. The van der Waals surface area contributed by atoms with Crippen molar-refractivity contribution in [2.24, 2.45) is 5.92 Å². The highest BCUT2D eigenvalue weighted by atomic mass is 16.5. The van der Waals surface area contributed by atoms with Gasteiger partial charge in [-0.05, 0) is 48.9 Å². The van der Waals surface area contributed by atoms with Crippen LogP contribution in [-0.4, -0.2) is 57.3 Å². The van der Waals surface area contributed by atoms with Crippen LogP contribution < -0.4 is 25.0 Å². The van der Waals surface area contributed by atoms with Gasteiger partial charge in [-0.3, -0.25) is 4.79 Å². The number of nitrogens with zero attached hydrogens (tertiary/aromatic N) is 2. The van der Waals surface area contributed by atoms with Crippen molar-refractivity contribution < 1.29 is 14.3 Å². The number of pyridine rings is 1. The molecule has 0 aliphatic carbocycles. The maximum Gasteiger partial charge on any atom is 0.224 e. The van der Waals surface area contributed by atoms with Gasteiger partial charge in [-0.1, -0.05) is 13.8 Å². The number of amides is 1. The minimum atomic E-state index is -0.00321. The third-order valence-electron chi connectivity index (χ3n) is 6.21. The van der Waals surface area contributed by atoms with E-state index in [-0.39, 0.29) is 11.8 Å². The average Bonchev–Trinajstić information content (AvgIpc) is 3.35. The number of carbonyl (C=O) groups excluding carboxylic acids is 1. The molecule has 3 aromatic rings. The summed E-state index contributed by atoms with van der Waals surface area (Å²) in [6.45, 7) is 7.20. The van der Waals surface area contributed by atoms with Gasteiger partial charge in [0, 0.05) is 55.4 Å². The fourth-order valence-corrected chi connectivity index (χ4v) is 4.36. The number of hydrogen-bond donors (Lipinski definition) is 2. The molecule has 1 unspecified atom stereocenters. The zero-order chi connectivity index (χ0) is 24.1. The van der Waals surface area contributed by atoms with Crippen molar-refractivity contribution in [1.82, 2.24) is 15.6 Å². The topological polar surface area (TPSA) is 75.7 Å². The molecule has 4 rings (SSSR count). The summed E-state index contributed by atoms with van der Waals surface area (Å²) in [5.74, 6) is 1.70. The van der Waals surface area contributed by atoms with E-state index in [1.807, 2.05) is 36.4 Å². The molecule has 1 aromatic heterocycles. The molecule has 2 heterocycles. The number of methoxy groups -OCH3 is 1. The molecule has 180 valence electrons. The van der Waals surface area contributed by atoms with Gasteiger partial charge < -0.3 is 25.0 Å². The molecule has 2 aromatic carbocycles. The van der Waals surface area contributed by atoms with E-state index in [2.05, 4.69) is 41.5 Å². The number of benzene rings is 2. The zero-order valence-corrected chi connectivity index (χ0v) is 20.4. The molecule has 0 bridgehead atoms. The second-order valence-corrected chi connectivity index (χ2v) is 8.94. The predicted octanol–water partition coefficient (Wildman–Crippen LogP) is 3.86. The van der Waals surface area contributed by atoms with Gasteiger partial charge in [0.25, 0.3) is 0 Å². The molecular formula is C27H34N4O3. The molecule has 0 saturated carbocycles. The minimum Gasteiger partial charge on any atom is -0.497 e. The highest BCUT2D eigenvalue weighted by Crippen LogP contribution is 2.35. The fraction of sp³-hybridized carbons (Fsp3) is 0.407. The monoisotopic (exact) mass is 462 g/mol. The van der Waals surface area contributed by atoms with E-state index in [0.717, 1.165) is 58.9 Å². The van der Waals surface area contributed by atoms with Gasteiger partial charge in [-0.15, -0.1) is 0 Å². The first-order valence-electron chi connectivity index (χ1n) is 11.9. The first-order chi connectivity index (χ1) is 16.5. The quantitative estimate of drug-likeness (QED) is 0.471. The zero-order valence-electron chi connectivity index (χ0n) is 20.4. The Kier molecular flexibility index (Phi) is 7.53. The van der Waals surface area contributed by atoms with Crippen LogP contribution in [0.2, 0.25) is 0 Å². The number of ether oxygens (including phenoxy) is 2. The van der Waals surface area contributed by atoms with E-state index in [1.165, 1.54) is 0 Å². The Hall–Kier alpha value is -3.32. The van der Waals surface area contributed by atoms with E-state index >= 15 is 0 Å². The van der Waals surface area contributed by atoms with Crippen molar-refractivity contribution >= 4 is 22.5 Å². The molecule has 1 amide bonds. The first kappa shape index (κ1) is 23.8. The number of fused-ring (bicyclic) bond motifs is 1. The number of hydrogen-bond acceptors (Lipinski definition) is 6. The van der Waals surface area contributed by atoms with Crippen LogP contribution in [0.4, 0.5) is 5.69 Å². The number of carbonyl (C=O) groups is 1. The Morgan fingerprint density at radius 1 is 1.15 bits per heavy atom. The van der Waals surface area contributed by atoms with E-state index < -0.39 is 0 Å². The van der Waals surface area contributed by atoms with E-state index in [4.69, 9.17) is 14.5 Å². The lowest BCUT2D eigenvalue weighted by molar-refractivity contribution is -0.123. The molecule has 1 atom stereocenters. The van der Waals surface area contributed by atoms with Crippen LogP contribution in [-0.2, 0) is 4.79 Å². The van der Waals surface area contributed by atoms with Gasteiger partial charge in [0.2, 0.25) is 5.91 Å². The van der Waals surface area contributed by atoms with Crippen LogP contribution in [0.25, 0.3) is 22.2 Å². The third kappa shape index (κ3) is 5.42. The molecule has 1 aliphatic rings. The van der Waals surface area contributed by atoms with Crippen LogP contribution in [0.5, 0.6) is 11.5 Å². The number of aromatic nitrogens is 1. The van der Waals surface area contributed by atoms with E-state index in [0.29, 0.717) is 19.2 Å². The Morgan fingerprint density at radius 3 is 2.62 bits per heavy atom. The van der Waals surface area contributed by atoms with Crippen LogP contribution in [0.3, 0.4) is 0 Å². The van der Waals surface area contributed by atoms with Crippen molar-refractivity contribution in [2.45, 2.75) is 26.3 Å². The van der Waals surface area contributed by atoms with Crippen LogP contribution in [0.15, 0.2) is 48.5 Å². The average molecular weight is 463 g/mol. The van der Waals surface area contributed by atoms with Crippen molar-refractivity contribution in [1.29, 1.82) is 0 Å². The van der Waals surface area contributed by atoms with Crippen molar-refractivity contribution in [2.75, 3.05) is 45.3 Å². The molecule has 0 spiro atoms. The molecule has 1 aliphatic heterocycles. The van der Waals surface area contributed by atoms with E-state index in [1.54, 1.807) is 14.2 Å². The first-order valence-corrected chi connectivity index (χ1v) is 11.9. The van der Waals surface area contributed by atoms with Crippen LogP contribution >= 0.6 is 0 Å². The molecule has 2 N–H and O–H groups in total. The second-order valence-electron chi connectivity index (χ2n) is 8.94. The lowest BCUT2D eigenvalue weighted by atomic mass is 10.1. The Morgan fingerprint density at radius 2 is 1.91 bits per heavy atom. The second kappa shape index (κ2) is 10.7. The fourth-order valence-electron chi connectivity index (χ4n) is 4.36. The Balaban J connectivity index is 1.62. The SMILES string of the molecule is CNC(=O)C1CCN(c2cc(-c3ccc(OCCNC(C)C)cc3)nc3cc(OC)ccc23)C1. The lowest BCUT2D eigenvalue weighted by Gasteiger charge is -2.22. The highest BCUT2D eigenvalue weighted by molar-refractivity contribution is 5.95. The van der Waals surface area contributed by atoms with Gasteiger partial charge in [0.15, 0.2) is 0 Å². The molecule has 7 nitrogen and oxygen atoms in total. The molecule has 1 saturated heterocycles. The largest absolute Gasteiger partial charge is 0.497 e. The highest BCUT2D eigenvalue weighted by Gasteiger charge is 2.29. The Labute approximate surface area is 201 Å². The standard InChI is InChI=1S/C27H34N4O3/c1-18(2)29-12-14-34-21-7-5-19(6-8-21)24-16-26(31-13-11-20(17-31)27(32)28-3)23-10-9-22(33-4)15-25(23)30-24/h5-10,15-16,18,20,29H,11-14,17H2,1-4H3,(H,28,32). The maximum absolute atomic E-state index is 12.2. The van der Waals surface area contributed by atoms with Gasteiger partial charge in [0.05, 0.1) is 24.2 Å². The number of anilines is 1. The van der Waals surface area contributed by atoms with Gasteiger partial charge in [0.1, 0.15) is 18.1 Å². The summed E-state index contributed by atoms with van der Waals surface area (Å²) < 4.78 is 11.3. The predicted molar refractivity (Wildman–Crippen MR) is 137 cm³/mol. The number of rotatable bonds is 9. The third-order valence-corrected chi connectivity index (χ3v) is 6.21. The summed E-state index contributed by atoms with van der Waals surface area (Å²) in [5.41, 5.74) is 3.86.